The van der Waals surface area contributed by atoms with Gasteiger partial charge in [-0.1, -0.05) is 13.8 Å². The molecule has 1 aliphatic rings. The highest BCUT2D eigenvalue weighted by Crippen LogP contribution is 2.23. The van der Waals surface area contributed by atoms with Crippen molar-refractivity contribution in [3.8, 4) is 6.07 Å². The number of nitrogens with one attached hydrogen (secondary N) is 1. The number of likely N-dealkylation sites (N-methyl/N-ethyl adjacent to an activating group) is 1. The molecule has 2 aromatic heterocycles. The summed E-state index contributed by atoms with van der Waals surface area (Å²) in [7, 11) is 1.66. The lowest BCUT2D eigenvalue weighted by Crippen LogP contribution is -2.51. The van der Waals surface area contributed by atoms with E-state index >= 15 is 0 Å². The number of rotatable bonds is 5. The number of hydrogen-bond acceptors (Lipinski definition) is 4. The summed E-state index contributed by atoms with van der Waals surface area (Å²) in [5.74, 6) is -0.152. The van der Waals surface area contributed by atoms with Gasteiger partial charge in [-0.3, -0.25) is 9.59 Å². The Bertz CT molecular complexity index is 927. The fourth-order valence-electron chi connectivity index (χ4n) is 3.78. The molecule has 0 radical (unpaired) electrons. The molecule has 3 rings (SSSR count). The van der Waals surface area contributed by atoms with Gasteiger partial charge in [-0.05, 0) is 50.3 Å². The first-order valence-electron chi connectivity index (χ1n) is 9.75. The fourth-order valence-corrected chi connectivity index (χ4v) is 3.78. The molecule has 1 aliphatic heterocycles. The van der Waals surface area contributed by atoms with Gasteiger partial charge in [0.2, 0.25) is 5.91 Å². The number of hydrogen-bond donors (Lipinski definition) is 1. The van der Waals surface area contributed by atoms with E-state index in [0.717, 1.165) is 17.5 Å². The van der Waals surface area contributed by atoms with Crippen LogP contribution in [0.1, 0.15) is 49.3 Å². The van der Waals surface area contributed by atoms with Crippen LogP contribution in [-0.4, -0.2) is 57.3 Å². The second kappa shape index (κ2) is 8.01. The average Bonchev–Trinajstić information content (AvgIpc) is 3.30. The Morgan fingerprint density at radius 1 is 1.43 bits per heavy atom. The van der Waals surface area contributed by atoms with Gasteiger partial charge in [0, 0.05) is 24.7 Å². The molecule has 2 amide bonds. The molecule has 2 unspecified atom stereocenters. The third-order valence-corrected chi connectivity index (χ3v) is 5.30. The zero-order chi connectivity index (χ0) is 20.4. The number of carbonyl (C=O) groups is 2. The zero-order valence-electron chi connectivity index (χ0n) is 16.9. The predicted octanol–water partition coefficient (Wildman–Crippen LogP) is 2.87. The van der Waals surface area contributed by atoms with E-state index < -0.39 is 12.1 Å². The second-order valence-electron chi connectivity index (χ2n) is 7.95. The maximum Gasteiger partial charge on any atom is 0.270 e. The van der Waals surface area contributed by atoms with Crippen molar-refractivity contribution in [2.75, 3.05) is 13.6 Å². The minimum atomic E-state index is -0.595. The number of carbonyl (C=O) groups excluding carboxylic acids is 2. The van der Waals surface area contributed by atoms with Crippen LogP contribution < -0.4 is 0 Å². The zero-order valence-corrected chi connectivity index (χ0v) is 16.9. The highest BCUT2D eigenvalue weighted by Gasteiger charge is 2.37. The molecule has 148 valence electrons. The molecule has 1 saturated heterocycles. The number of likely N-dealkylation sites (tertiary alicyclic amines) is 1. The van der Waals surface area contributed by atoms with Crippen LogP contribution in [0.3, 0.4) is 0 Å². The van der Waals surface area contributed by atoms with Crippen molar-refractivity contribution in [2.24, 2.45) is 5.92 Å². The van der Waals surface area contributed by atoms with Crippen LogP contribution in [0.15, 0.2) is 18.2 Å². The average molecular weight is 381 g/mol. The van der Waals surface area contributed by atoms with Gasteiger partial charge in [-0.15, -0.1) is 0 Å². The summed E-state index contributed by atoms with van der Waals surface area (Å²) in [6.45, 7) is 6.52. The highest BCUT2D eigenvalue weighted by atomic mass is 16.2. The summed E-state index contributed by atoms with van der Waals surface area (Å²) < 4.78 is 0. The molecule has 7 nitrogen and oxygen atoms in total. The van der Waals surface area contributed by atoms with Gasteiger partial charge in [0.05, 0.1) is 6.07 Å². The molecule has 2 atom stereocenters. The lowest BCUT2D eigenvalue weighted by Gasteiger charge is -2.32. The smallest absolute Gasteiger partial charge is 0.270 e. The summed E-state index contributed by atoms with van der Waals surface area (Å²) in [6, 6.07) is 6.81. The van der Waals surface area contributed by atoms with Crippen LogP contribution in [0.4, 0.5) is 0 Å². The number of aryl methyl sites for hydroxylation is 1. The van der Waals surface area contributed by atoms with Crippen molar-refractivity contribution in [1.29, 1.82) is 5.26 Å². The summed E-state index contributed by atoms with van der Waals surface area (Å²) >= 11 is 0. The largest absolute Gasteiger partial charge is 0.335 e. The van der Waals surface area contributed by atoms with Gasteiger partial charge in [-0.25, -0.2) is 4.98 Å². The Balaban J connectivity index is 1.87. The molecule has 0 bridgehead atoms. The topological polar surface area (TPSA) is 93.1 Å². The molecule has 0 saturated carbocycles. The van der Waals surface area contributed by atoms with E-state index in [1.807, 2.05) is 32.9 Å². The van der Waals surface area contributed by atoms with Gasteiger partial charge >= 0.3 is 0 Å². The minimum Gasteiger partial charge on any atom is -0.335 e. The number of aromatic amines is 1. The van der Waals surface area contributed by atoms with E-state index in [1.165, 1.54) is 4.90 Å². The lowest BCUT2D eigenvalue weighted by atomic mass is 10.0. The molecule has 1 fully saturated rings. The van der Waals surface area contributed by atoms with Crippen LogP contribution in [0.2, 0.25) is 0 Å². The van der Waals surface area contributed by atoms with Crippen molar-refractivity contribution >= 4 is 22.8 Å². The number of pyridine rings is 1. The van der Waals surface area contributed by atoms with Gasteiger partial charge in [0.25, 0.3) is 5.91 Å². The third-order valence-electron chi connectivity index (χ3n) is 5.30. The van der Waals surface area contributed by atoms with E-state index in [-0.39, 0.29) is 17.7 Å². The van der Waals surface area contributed by atoms with Crippen LogP contribution in [0, 0.1) is 24.2 Å². The van der Waals surface area contributed by atoms with Crippen LogP contribution in [0.5, 0.6) is 0 Å². The van der Waals surface area contributed by atoms with Crippen molar-refractivity contribution in [3.63, 3.8) is 0 Å². The number of H-pyrrole nitrogens is 1. The molecule has 0 spiro atoms. The second-order valence-corrected chi connectivity index (χ2v) is 7.95. The lowest BCUT2D eigenvalue weighted by molar-refractivity contribution is -0.136. The Morgan fingerprint density at radius 3 is 2.86 bits per heavy atom. The molecule has 7 heteroatoms. The number of amides is 2. The third kappa shape index (κ3) is 3.86. The van der Waals surface area contributed by atoms with Gasteiger partial charge < -0.3 is 14.8 Å². The Labute approximate surface area is 165 Å². The maximum absolute atomic E-state index is 13.2. The van der Waals surface area contributed by atoms with Gasteiger partial charge in [0.1, 0.15) is 23.4 Å². The quantitative estimate of drug-likeness (QED) is 0.862. The Hall–Kier alpha value is -2.88. The molecule has 28 heavy (non-hydrogen) atoms. The molecule has 0 aromatic carbocycles. The molecule has 1 N–H and O–H groups in total. The summed E-state index contributed by atoms with van der Waals surface area (Å²) in [5, 5.41) is 10.2. The van der Waals surface area contributed by atoms with Crippen LogP contribution in [0.25, 0.3) is 11.0 Å². The molecular formula is C21H27N5O2. The number of fused-ring (bicyclic) bond motifs is 1. The van der Waals surface area contributed by atoms with Crippen LogP contribution >= 0.6 is 0 Å². The Morgan fingerprint density at radius 2 is 2.18 bits per heavy atom. The normalized spacial score (nSPS) is 17.7. The first kappa shape index (κ1) is 19.9. The van der Waals surface area contributed by atoms with Gasteiger partial charge in [0.15, 0.2) is 0 Å². The SMILES string of the molecule is Cc1ccc2cc(C(=O)N(C)C(CC(C)C)C(=O)N3CCCC3C#N)[nH]c2n1. The number of nitriles is 1. The van der Waals surface area contributed by atoms with Crippen LogP contribution in [-0.2, 0) is 4.79 Å². The summed E-state index contributed by atoms with van der Waals surface area (Å²) in [5.41, 5.74) is 1.94. The van der Waals surface area contributed by atoms with Crippen molar-refractivity contribution in [3.05, 3.63) is 29.6 Å². The highest BCUT2D eigenvalue weighted by molar-refractivity contribution is 5.99. The Kier molecular flexibility index (Phi) is 5.68. The monoisotopic (exact) mass is 381 g/mol. The fraction of sp³-hybridized carbons (Fsp3) is 0.524. The standard InChI is InChI=1S/C21H27N5O2/c1-13(2)10-18(21(28)26-9-5-6-16(26)12-22)25(4)20(27)17-11-15-8-7-14(3)23-19(15)24-17/h7-8,11,13,16,18H,5-6,9-10H2,1-4H3,(H,23,24). The van der Waals surface area contributed by atoms with Gasteiger partial charge in [-0.2, -0.15) is 5.26 Å². The predicted molar refractivity (Wildman–Crippen MR) is 107 cm³/mol. The molecular weight excluding hydrogens is 354 g/mol. The first-order valence-corrected chi connectivity index (χ1v) is 9.75. The molecule has 2 aromatic rings. The number of aromatic nitrogens is 2. The summed E-state index contributed by atoms with van der Waals surface area (Å²) in [6.07, 6.45) is 2.07. The molecule has 0 aliphatic carbocycles. The summed E-state index contributed by atoms with van der Waals surface area (Å²) in [4.78, 5) is 37.0. The minimum absolute atomic E-state index is 0.140. The molecule has 3 heterocycles. The van der Waals surface area contributed by atoms with E-state index in [1.54, 1.807) is 18.0 Å². The van der Waals surface area contributed by atoms with E-state index in [2.05, 4.69) is 16.0 Å². The van der Waals surface area contributed by atoms with E-state index in [0.29, 0.717) is 30.7 Å². The van der Waals surface area contributed by atoms with E-state index in [4.69, 9.17) is 0 Å². The maximum atomic E-state index is 13.2. The van der Waals surface area contributed by atoms with E-state index in [9.17, 15) is 14.9 Å². The van der Waals surface area contributed by atoms with Crippen molar-refractivity contribution < 1.29 is 9.59 Å². The first-order chi connectivity index (χ1) is 13.3. The van der Waals surface area contributed by atoms with Crippen molar-refractivity contribution in [2.45, 2.75) is 52.1 Å². The van der Waals surface area contributed by atoms with Crippen molar-refractivity contribution in [1.82, 2.24) is 19.8 Å². The number of nitrogens with zero attached hydrogens (tertiary/aromatic N) is 4.